The zero-order valence-corrected chi connectivity index (χ0v) is 9.21. The minimum Gasteiger partial charge on any atom is -0.396 e. The summed E-state index contributed by atoms with van der Waals surface area (Å²) in [5.74, 6) is 0.114. The molecule has 1 aromatic heterocycles. The minimum atomic E-state index is -0.645. The molecule has 6 heteroatoms. The average molecular weight is 224 g/mol. The molecule has 1 fully saturated rings. The summed E-state index contributed by atoms with van der Waals surface area (Å²) in [5.41, 5.74) is 6.56. The number of aliphatic hydroxyl groups excluding tert-OH is 1. The molecule has 3 N–H and O–H groups in total. The third-order valence-electron chi connectivity index (χ3n) is 2.88. The maximum Gasteiger partial charge on any atom is 0.244 e. The first-order valence-electron chi connectivity index (χ1n) is 5.25. The van der Waals surface area contributed by atoms with E-state index in [4.69, 9.17) is 10.8 Å². The van der Waals surface area contributed by atoms with Crippen molar-refractivity contribution < 1.29 is 9.90 Å². The fourth-order valence-electron chi connectivity index (χ4n) is 1.81. The molecule has 1 aliphatic heterocycles. The lowest BCUT2D eigenvalue weighted by atomic mass is 9.99. The Labute approximate surface area is 93.6 Å². The summed E-state index contributed by atoms with van der Waals surface area (Å²) in [4.78, 5) is 13.5. The van der Waals surface area contributed by atoms with Gasteiger partial charge in [-0.2, -0.15) is 5.10 Å². The van der Waals surface area contributed by atoms with E-state index in [0.717, 1.165) is 5.56 Å². The summed E-state index contributed by atoms with van der Waals surface area (Å²) in [5, 5.41) is 12.8. The predicted octanol–water partition coefficient (Wildman–Crippen LogP) is -1.13. The molecule has 0 saturated carbocycles. The molecule has 0 aromatic carbocycles. The summed E-state index contributed by atoms with van der Waals surface area (Å²) in [6.45, 7) is 1.33. The summed E-state index contributed by atoms with van der Waals surface area (Å²) < 4.78 is 1.62. The van der Waals surface area contributed by atoms with Crippen molar-refractivity contribution in [2.75, 3.05) is 19.7 Å². The maximum absolute atomic E-state index is 11.9. The standard InChI is InChI=1S/C10H16N4O2/c1-13-5-8(2-12-13)9(11)10(16)14-3-7(4-14)6-15/h2,5,7,9,15H,3-4,6,11H2,1H3. The van der Waals surface area contributed by atoms with Crippen LogP contribution in [0.3, 0.4) is 0 Å². The van der Waals surface area contributed by atoms with Gasteiger partial charge in [0.1, 0.15) is 6.04 Å². The second-order valence-electron chi connectivity index (χ2n) is 4.22. The van der Waals surface area contributed by atoms with Gasteiger partial charge in [0.2, 0.25) is 5.91 Å². The van der Waals surface area contributed by atoms with Crippen molar-refractivity contribution in [3.8, 4) is 0 Å². The Morgan fingerprint density at radius 3 is 2.94 bits per heavy atom. The summed E-state index contributed by atoms with van der Waals surface area (Å²) in [6, 6.07) is -0.645. The molecule has 0 bridgehead atoms. The number of nitrogens with two attached hydrogens (primary N) is 1. The molecular formula is C10H16N4O2. The highest BCUT2D eigenvalue weighted by atomic mass is 16.3. The van der Waals surface area contributed by atoms with Crippen molar-refractivity contribution in [3.05, 3.63) is 18.0 Å². The number of aryl methyl sites for hydroxylation is 1. The van der Waals surface area contributed by atoms with Crippen LogP contribution >= 0.6 is 0 Å². The Hall–Kier alpha value is -1.40. The number of hydrogen-bond donors (Lipinski definition) is 2. The Morgan fingerprint density at radius 1 is 1.75 bits per heavy atom. The van der Waals surface area contributed by atoms with E-state index in [0.29, 0.717) is 13.1 Å². The summed E-state index contributed by atoms with van der Waals surface area (Å²) >= 11 is 0. The van der Waals surface area contributed by atoms with Gasteiger partial charge in [0.15, 0.2) is 0 Å². The number of aromatic nitrogens is 2. The van der Waals surface area contributed by atoms with Crippen LogP contribution in [0, 0.1) is 5.92 Å². The smallest absolute Gasteiger partial charge is 0.244 e. The van der Waals surface area contributed by atoms with Gasteiger partial charge in [0.25, 0.3) is 0 Å². The normalized spacial score (nSPS) is 18.3. The molecule has 1 aromatic rings. The van der Waals surface area contributed by atoms with E-state index in [1.807, 2.05) is 0 Å². The first-order valence-corrected chi connectivity index (χ1v) is 5.25. The molecule has 16 heavy (non-hydrogen) atoms. The van der Waals surface area contributed by atoms with Crippen LogP contribution in [0.15, 0.2) is 12.4 Å². The molecule has 1 unspecified atom stereocenters. The second kappa shape index (κ2) is 4.23. The third-order valence-corrected chi connectivity index (χ3v) is 2.88. The molecule has 2 heterocycles. The SMILES string of the molecule is Cn1cc(C(N)C(=O)N2CC(CO)C2)cn1. The molecule has 2 rings (SSSR count). The highest BCUT2D eigenvalue weighted by Gasteiger charge is 2.33. The lowest BCUT2D eigenvalue weighted by Crippen LogP contribution is -2.53. The quantitative estimate of drug-likeness (QED) is 0.680. The van der Waals surface area contributed by atoms with Crippen molar-refractivity contribution in [2.24, 2.45) is 18.7 Å². The van der Waals surface area contributed by atoms with Crippen LogP contribution < -0.4 is 5.73 Å². The van der Waals surface area contributed by atoms with Gasteiger partial charge in [-0.25, -0.2) is 0 Å². The van der Waals surface area contributed by atoms with Crippen LogP contribution in [-0.4, -0.2) is 45.4 Å². The van der Waals surface area contributed by atoms with Gasteiger partial charge in [-0.1, -0.05) is 0 Å². The van der Waals surface area contributed by atoms with Crippen molar-refractivity contribution in [3.63, 3.8) is 0 Å². The predicted molar refractivity (Wildman–Crippen MR) is 57.3 cm³/mol. The fraction of sp³-hybridized carbons (Fsp3) is 0.600. The molecular weight excluding hydrogens is 208 g/mol. The molecule has 0 aliphatic carbocycles. The van der Waals surface area contributed by atoms with Gasteiger partial charge in [0.05, 0.1) is 6.20 Å². The van der Waals surface area contributed by atoms with Crippen LogP contribution in [0.25, 0.3) is 0 Å². The van der Waals surface area contributed by atoms with Crippen LogP contribution in [0.1, 0.15) is 11.6 Å². The molecule has 1 saturated heterocycles. The van der Waals surface area contributed by atoms with Gasteiger partial charge in [0, 0.05) is 44.4 Å². The zero-order valence-electron chi connectivity index (χ0n) is 9.21. The molecule has 88 valence electrons. The average Bonchev–Trinajstić information content (AvgIpc) is 2.62. The lowest BCUT2D eigenvalue weighted by Gasteiger charge is -2.39. The Bertz CT molecular complexity index is 384. The first kappa shape index (κ1) is 11.1. The summed E-state index contributed by atoms with van der Waals surface area (Å²) in [7, 11) is 1.78. The van der Waals surface area contributed by atoms with E-state index in [1.54, 1.807) is 29.0 Å². The number of nitrogens with zero attached hydrogens (tertiary/aromatic N) is 3. The molecule has 1 amide bonds. The zero-order chi connectivity index (χ0) is 11.7. The monoisotopic (exact) mass is 224 g/mol. The van der Waals surface area contributed by atoms with E-state index in [2.05, 4.69) is 5.10 Å². The van der Waals surface area contributed by atoms with Gasteiger partial charge in [-0.05, 0) is 0 Å². The van der Waals surface area contributed by atoms with Crippen molar-refractivity contribution in [1.29, 1.82) is 0 Å². The van der Waals surface area contributed by atoms with Gasteiger partial charge < -0.3 is 15.7 Å². The minimum absolute atomic E-state index is 0.0994. The van der Waals surface area contributed by atoms with Gasteiger partial charge >= 0.3 is 0 Å². The van der Waals surface area contributed by atoms with E-state index in [-0.39, 0.29) is 18.4 Å². The van der Waals surface area contributed by atoms with Crippen LogP contribution in [-0.2, 0) is 11.8 Å². The van der Waals surface area contributed by atoms with Crippen molar-refractivity contribution in [2.45, 2.75) is 6.04 Å². The van der Waals surface area contributed by atoms with Crippen LogP contribution in [0.2, 0.25) is 0 Å². The van der Waals surface area contributed by atoms with Crippen molar-refractivity contribution in [1.82, 2.24) is 14.7 Å². The number of hydrogen-bond acceptors (Lipinski definition) is 4. The third kappa shape index (κ3) is 1.94. The largest absolute Gasteiger partial charge is 0.396 e. The number of rotatable bonds is 3. The molecule has 0 spiro atoms. The van der Waals surface area contributed by atoms with Gasteiger partial charge in [-0.3, -0.25) is 9.48 Å². The van der Waals surface area contributed by atoms with Crippen LogP contribution in [0.4, 0.5) is 0 Å². The number of aliphatic hydroxyl groups is 1. The summed E-state index contributed by atoms with van der Waals surface area (Å²) in [6.07, 6.45) is 3.34. The molecule has 1 aliphatic rings. The Balaban J connectivity index is 1.95. The lowest BCUT2D eigenvalue weighted by molar-refractivity contribution is -0.140. The molecule has 1 atom stereocenters. The number of likely N-dealkylation sites (tertiary alicyclic amines) is 1. The second-order valence-corrected chi connectivity index (χ2v) is 4.22. The molecule has 0 radical (unpaired) electrons. The first-order chi connectivity index (χ1) is 7.61. The van der Waals surface area contributed by atoms with Gasteiger partial charge in [-0.15, -0.1) is 0 Å². The van der Waals surface area contributed by atoms with E-state index in [9.17, 15) is 4.79 Å². The topological polar surface area (TPSA) is 84.4 Å². The van der Waals surface area contributed by atoms with Crippen LogP contribution in [0.5, 0.6) is 0 Å². The van der Waals surface area contributed by atoms with E-state index in [1.165, 1.54) is 0 Å². The highest BCUT2D eigenvalue weighted by Crippen LogP contribution is 2.20. The Kier molecular flexibility index (Phi) is 2.93. The molecule has 6 nitrogen and oxygen atoms in total. The fourth-order valence-corrected chi connectivity index (χ4v) is 1.81. The van der Waals surface area contributed by atoms with E-state index >= 15 is 0 Å². The number of carbonyl (C=O) groups is 1. The highest BCUT2D eigenvalue weighted by molar-refractivity contribution is 5.83. The maximum atomic E-state index is 11.9. The number of amides is 1. The Morgan fingerprint density at radius 2 is 2.44 bits per heavy atom. The van der Waals surface area contributed by atoms with E-state index < -0.39 is 6.04 Å². The van der Waals surface area contributed by atoms with Crippen molar-refractivity contribution >= 4 is 5.91 Å². The number of carbonyl (C=O) groups excluding carboxylic acids is 1.